The highest BCUT2D eigenvalue weighted by Gasteiger charge is 2.26. The molecular weight excluding hydrogens is 256 g/mol. The van der Waals surface area contributed by atoms with Crippen LogP contribution in [-0.2, 0) is 4.79 Å². The first-order chi connectivity index (χ1) is 10.0. The van der Waals surface area contributed by atoms with Crippen molar-refractivity contribution in [3.05, 3.63) is 35.4 Å². The van der Waals surface area contributed by atoms with E-state index in [1.165, 1.54) is 43.2 Å². The first-order valence-corrected chi connectivity index (χ1v) is 8.64. The highest BCUT2D eigenvalue weighted by Crippen LogP contribution is 2.34. The Bertz CT molecular complexity index is 449. The largest absolute Gasteiger partial charge is 0.299 e. The van der Waals surface area contributed by atoms with Gasteiger partial charge < -0.3 is 0 Å². The molecule has 1 fully saturated rings. The Morgan fingerprint density at radius 3 is 2.00 bits per heavy atom. The van der Waals surface area contributed by atoms with Crippen molar-refractivity contribution in [3.63, 3.8) is 0 Å². The number of carbonyl (C=O) groups excluding carboxylic acids is 1. The molecular formula is C20H30O. The van der Waals surface area contributed by atoms with Crippen molar-refractivity contribution in [2.45, 2.75) is 71.6 Å². The summed E-state index contributed by atoms with van der Waals surface area (Å²) in [5.74, 6) is 1.63. The molecule has 1 heteroatoms. The molecule has 0 radical (unpaired) electrons. The number of hydrogen-bond acceptors (Lipinski definition) is 1. The van der Waals surface area contributed by atoms with Gasteiger partial charge in [-0.25, -0.2) is 0 Å². The predicted octanol–water partition coefficient (Wildman–Crippen LogP) is 5.70. The van der Waals surface area contributed by atoms with E-state index in [9.17, 15) is 4.79 Å². The van der Waals surface area contributed by atoms with Crippen LogP contribution in [0.25, 0.3) is 0 Å². The maximum atomic E-state index is 12.5. The normalized spacial score (nSPS) is 18.2. The molecule has 1 aliphatic rings. The molecule has 2 rings (SSSR count). The van der Waals surface area contributed by atoms with Crippen LogP contribution >= 0.6 is 0 Å². The second-order valence-corrected chi connectivity index (χ2v) is 7.28. The molecule has 116 valence electrons. The lowest BCUT2D eigenvalue weighted by Gasteiger charge is -2.24. The summed E-state index contributed by atoms with van der Waals surface area (Å²) in [6.45, 7) is 8.32. The fraction of sp³-hybridized carbons (Fsp3) is 0.650. The predicted molar refractivity (Wildman–Crippen MR) is 89.7 cm³/mol. The topological polar surface area (TPSA) is 17.1 Å². The Kier molecular flexibility index (Phi) is 5.61. The van der Waals surface area contributed by atoms with Crippen molar-refractivity contribution in [2.24, 2.45) is 11.8 Å². The van der Waals surface area contributed by atoms with Crippen molar-refractivity contribution >= 4 is 5.78 Å². The minimum Gasteiger partial charge on any atom is -0.299 e. The summed E-state index contributed by atoms with van der Waals surface area (Å²) in [7, 11) is 0. The van der Waals surface area contributed by atoms with Gasteiger partial charge >= 0.3 is 0 Å². The Labute approximate surface area is 130 Å². The molecule has 0 heterocycles. The van der Waals surface area contributed by atoms with Gasteiger partial charge in [-0.3, -0.25) is 4.79 Å². The molecule has 0 aromatic heterocycles. The minimum absolute atomic E-state index is 0.0467. The van der Waals surface area contributed by atoms with E-state index < -0.39 is 0 Å². The van der Waals surface area contributed by atoms with E-state index in [0.29, 0.717) is 11.7 Å². The van der Waals surface area contributed by atoms with Crippen LogP contribution in [0.15, 0.2) is 24.3 Å². The van der Waals surface area contributed by atoms with E-state index in [0.717, 1.165) is 5.92 Å². The van der Waals surface area contributed by atoms with E-state index in [1.807, 2.05) is 13.8 Å². The highest BCUT2D eigenvalue weighted by atomic mass is 16.1. The number of hydrogen-bond donors (Lipinski definition) is 0. The molecule has 0 bridgehead atoms. The second-order valence-electron chi connectivity index (χ2n) is 7.28. The van der Waals surface area contributed by atoms with Crippen LogP contribution in [0.1, 0.15) is 82.8 Å². The summed E-state index contributed by atoms with van der Waals surface area (Å²) < 4.78 is 0. The molecule has 1 unspecified atom stereocenters. The van der Waals surface area contributed by atoms with Gasteiger partial charge in [0.1, 0.15) is 5.78 Å². The molecule has 0 spiro atoms. The Morgan fingerprint density at radius 2 is 1.52 bits per heavy atom. The molecule has 1 nitrogen and oxygen atoms in total. The lowest BCUT2D eigenvalue weighted by atomic mass is 9.79. The summed E-state index contributed by atoms with van der Waals surface area (Å²) in [4.78, 5) is 12.5. The zero-order chi connectivity index (χ0) is 15.4. The molecule has 1 saturated carbocycles. The molecule has 1 aliphatic carbocycles. The average Bonchev–Trinajstić information content (AvgIpc) is 2.48. The van der Waals surface area contributed by atoms with Crippen LogP contribution in [0.2, 0.25) is 0 Å². The van der Waals surface area contributed by atoms with Crippen molar-refractivity contribution in [1.82, 2.24) is 0 Å². The van der Waals surface area contributed by atoms with Crippen LogP contribution in [-0.4, -0.2) is 5.78 Å². The Hall–Kier alpha value is -1.11. The van der Waals surface area contributed by atoms with E-state index in [4.69, 9.17) is 0 Å². The van der Waals surface area contributed by atoms with E-state index in [1.54, 1.807) is 0 Å². The molecule has 21 heavy (non-hydrogen) atoms. The number of ketones is 1. The van der Waals surface area contributed by atoms with E-state index in [2.05, 4.69) is 38.1 Å². The van der Waals surface area contributed by atoms with Gasteiger partial charge in [-0.1, -0.05) is 71.2 Å². The highest BCUT2D eigenvalue weighted by molar-refractivity contribution is 5.87. The van der Waals surface area contributed by atoms with Crippen LogP contribution in [0.3, 0.4) is 0 Å². The summed E-state index contributed by atoms with van der Waals surface area (Å²) in [6.07, 6.45) is 6.79. The fourth-order valence-electron chi connectivity index (χ4n) is 3.65. The zero-order valence-electron chi connectivity index (χ0n) is 14.1. The van der Waals surface area contributed by atoms with Gasteiger partial charge in [-0.15, -0.1) is 0 Å². The monoisotopic (exact) mass is 286 g/mol. The fourth-order valence-corrected chi connectivity index (χ4v) is 3.65. The second kappa shape index (κ2) is 7.24. The van der Waals surface area contributed by atoms with Crippen molar-refractivity contribution < 1.29 is 4.79 Å². The van der Waals surface area contributed by atoms with Gasteiger partial charge in [0.15, 0.2) is 0 Å². The standard InChI is InChI=1S/C20H30O/c1-14(2)19(20(21)15(3)4)18-12-10-17(11-13-18)16-8-6-5-7-9-16/h10-16,19H,5-9H2,1-4H3. The van der Waals surface area contributed by atoms with Gasteiger partial charge in [-0.05, 0) is 35.8 Å². The summed E-state index contributed by atoms with van der Waals surface area (Å²) >= 11 is 0. The van der Waals surface area contributed by atoms with Gasteiger partial charge in [0.25, 0.3) is 0 Å². The maximum absolute atomic E-state index is 12.5. The van der Waals surface area contributed by atoms with E-state index >= 15 is 0 Å². The molecule has 0 N–H and O–H groups in total. The molecule has 1 atom stereocenters. The number of benzene rings is 1. The summed E-state index contributed by atoms with van der Waals surface area (Å²) in [5.41, 5.74) is 2.67. The lowest BCUT2D eigenvalue weighted by molar-refractivity contribution is -0.124. The SMILES string of the molecule is CC(C)C(=O)C(c1ccc(C2CCCCC2)cc1)C(C)C. The Morgan fingerprint density at radius 1 is 0.952 bits per heavy atom. The van der Waals surface area contributed by atoms with E-state index in [-0.39, 0.29) is 11.8 Å². The number of Topliss-reactive ketones (excluding diaryl/α,β-unsaturated/α-hetero) is 1. The van der Waals surface area contributed by atoms with Crippen molar-refractivity contribution in [1.29, 1.82) is 0 Å². The third-order valence-electron chi connectivity index (χ3n) is 4.91. The van der Waals surface area contributed by atoms with Gasteiger partial charge in [0.05, 0.1) is 0 Å². The lowest BCUT2D eigenvalue weighted by Crippen LogP contribution is -2.22. The van der Waals surface area contributed by atoms with Crippen LogP contribution in [0.5, 0.6) is 0 Å². The first kappa shape index (κ1) is 16.3. The Balaban J connectivity index is 2.17. The minimum atomic E-state index is 0.0467. The smallest absolute Gasteiger partial charge is 0.143 e. The van der Waals surface area contributed by atoms with Crippen LogP contribution in [0.4, 0.5) is 0 Å². The van der Waals surface area contributed by atoms with Gasteiger partial charge in [0.2, 0.25) is 0 Å². The average molecular weight is 286 g/mol. The van der Waals surface area contributed by atoms with Gasteiger partial charge in [-0.2, -0.15) is 0 Å². The molecule has 0 amide bonds. The van der Waals surface area contributed by atoms with Crippen LogP contribution in [0, 0.1) is 11.8 Å². The molecule has 1 aromatic carbocycles. The molecule has 0 saturated heterocycles. The van der Waals surface area contributed by atoms with Crippen LogP contribution < -0.4 is 0 Å². The van der Waals surface area contributed by atoms with Gasteiger partial charge in [0, 0.05) is 11.8 Å². The number of carbonyl (C=O) groups is 1. The summed E-state index contributed by atoms with van der Waals surface area (Å²) in [5, 5.41) is 0. The third-order valence-corrected chi connectivity index (χ3v) is 4.91. The zero-order valence-corrected chi connectivity index (χ0v) is 14.1. The third kappa shape index (κ3) is 3.96. The maximum Gasteiger partial charge on any atom is 0.143 e. The van der Waals surface area contributed by atoms with Crippen molar-refractivity contribution in [2.75, 3.05) is 0 Å². The quantitative estimate of drug-likeness (QED) is 0.678. The summed E-state index contributed by atoms with van der Waals surface area (Å²) in [6, 6.07) is 8.95. The first-order valence-electron chi connectivity index (χ1n) is 8.64. The van der Waals surface area contributed by atoms with Crippen molar-refractivity contribution in [3.8, 4) is 0 Å². The number of rotatable bonds is 5. The molecule has 1 aromatic rings. The molecule has 0 aliphatic heterocycles.